The van der Waals surface area contributed by atoms with Crippen LogP contribution < -0.4 is 15.4 Å². The number of fused-ring (bicyclic) bond motifs is 2. The number of methoxy groups -OCH3 is 1. The lowest BCUT2D eigenvalue weighted by Gasteiger charge is -2.11. The molecule has 0 fully saturated rings. The highest BCUT2D eigenvalue weighted by Crippen LogP contribution is 2.38. The van der Waals surface area contributed by atoms with E-state index in [0.717, 1.165) is 33.0 Å². The number of ether oxygens (including phenoxy) is 1. The van der Waals surface area contributed by atoms with Gasteiger partial charge in [0.25, 0.3) is 0 Å². The van der Waals surface area contributed by atoms with Crippen LogP contribution in [0.4, 0.5) is 11.4 Å². The Balaban J connectivity index is 1.48. The highest BCUT2D eigenvalue weighted by Gasteiger charge is 2.15. The molecule has 0 saturated heterocycles. The average molecular weight is 491 g/mol. The molecule has 0 aliphatic carbocycles. The maximum atomic E-state index is 12.8. The van der Waals surface area contributed by atoms with Gasteiger partial charge in [0.15, 0.2) is 0 Å². The molecular formula is C31H26N2O4. The molecule has 4 aromatic carbocycles. The fourth-order valence-corrected chi connectivity index (χ4v) is 4.44. The molecule has 6 nitrogen and oxygen atoms in total. The van der Waals surface area contributed by atoms with Crippen molar-refractivity contribution in [2.75, 3.05) is 17.7 Å². The standard InChI is InChI=1S/C31H26N2O4/c1-19(13-31(35)33-25-10-6-9-24(15-25)32-20(2)34)26-16-27-28(18-37-30(27)17-29(26)36-3)23-12-11-21-7-4-5-8-22(21)14-23/h4-18H,1-3H3,(H,32,34)(H,33,35)/b19-13+. The predicted octanol–water partition coefficient (Wildman–Crippen LogP) is 7.26. The average Bonchev–Trinajstić information content (AvgIpc) is 3.30. The van der Waals surface area contributed by atoms with E-state index in [4.69, 9.17) is 9.15 Å². The molecular weight excluding hydrogens is 464 g/mol. The molecule has 0 bridgehead atoms. The lowest BCUT2D eigenvalue weighted by Crippen LogP contribution is -2.10. The molecule has 0 spiro atoms. The molecule has 0 aliphatic rings. The summed E-state index contributed by atoms with van der Waals surface area (Å²) in [6.07, 6.45) is 3.29. The minimum absolute atomic E-state index is 0.177. The molecule has 5 rings (SSSR count). The van der Waals surface area contributed by atoms with Gasteiger partial charge in [0.05, 0.1) is 13.4 Å². The fraction of sp³-hybridized carbons (Fsp3) is 0.0968. The SMILES string of the molecule is COc1cc2occ(-c3ccc4ccccc4c3)c2cc1/C(C)=C/C(=O)Nc1cccc(NC(C)=O)c1. The summed E-state index contributed by atoms with van der Waals surface area (Å²) in [5, 5.41) is 8.82. The summed E-state index contributed by atoms with van der Waals surface area (Å²) in [5.41, 5.74) is 5.44. The number of anilines is 2. The van der Waals surface area contributed by atoms with Crippen LogP contribution in [0.2, 0.25) is 0 Å². The minimum atomic E-state index is -0.290. The molecule has 1 heterocycles. The highest BCUT2D eigenvalue weighted by atomic mass is 16.5. The zero-order valence-electron chi connectivity index (χ0n) is 20.8. The molecule has 0 unspecified atom stereocenters. The zero-order chi connectivity index (χ0) is 25.9. The van der Waals surface area contributed by atoms with Crippen molar-refractivity contribution in [3.05, 3.63) is 96.8 Å². The number of carbonyl (C=O) groups excluding carboxylic acids is 2. The molecule has 2 amide bonds. The molecule has 0 radical (unpaired) electrons. The van der Waals surface area contributed by atoms with E-state index >= 15 is 0 Å². The van der Waals surface area contributed by atoms with Crippen molar-refractivity contribution in [3.8, 4) is 16.9 Å². The van der Waals surface area contributed by atoms with E-state index in [0.29, 0.717) is 22.7 Å². The van der Waals surface area contributed by atoms with Gasteiger partial charge in [-0.15, -0.1) is 0 Å². The number of nitrogens with one attached hydrogen (secondary N) is 2. The van der Waals surface area contributed by atoms with Crippen molar-refractivity contribution in [1.82, 2.24) is 0 Å². The first-order valence-electron chi connectivity index (χ1n) is 11.9. The lowest BCUT2D eigenvalue weighted by atomic mass is 9.97. The van der Waals surface area contributed by atoms with Gasteiger partial charge in [-0.1, -0.05) is 42.5 Å². The van der Waals surface area contributed by atoms with Crippen molar-refractivity contribution in [2.24, 2.45) is 0 Å². The first-order valence-corrected chi connectivity index (χ1v) is 11.9. The Morgan fingerprint density at radius 3 is 2.35 bits per heavy atom. The van der Waals surface area contributed by atoms with Crippen molar-refractivity contribution in [2.45, 2.75) is 13.8 Å². The van der Waals surface area contributed by atoms with E-state index in [-0.39, 0.29) is 11.8 Å². The van der Waals surface area contributed by atoms with Crippen LogP contribution >= 0.6 is 0 Å². The van der Waals surface area contributed by atoms with Gasteiger partial charge in [-0.2, -0.15) is 0 Å². The van der Waals surface area contributed by atoms with Crippen LogP contribution in [0.25, 0.3) is 38.4 Å². The summed E-state index contributed by atoms with van der Waals surface area (Å²) in [6, 6.07) is 25.4. The predicted molar refractivity (Wildman–Crippen MR) is 149 cm³/mol. The molecule has 5 aromatic rings. The van der Waals surface area contributed by atoms with Crippen LogP contribution in [0, 0.1) is 0 Å². The van der Waals surface area contributed by atoms with E-state index < -0.39 is 0 Å². The number of rotatable bonds is 6. The Hall–Kier alpha value is -4.84. The normalized spacial score (nSPS) is 11.5. The number of carbonyl (C=O) groups is 2. The van der Waals surface area contributed by atoms with Crippen LogP contribution in [0.15, 0.2) is 95.6 Å². The van der Waals surface area contributed by atoms with E-state index in [1.165, 1.54) is 18.4 Å². The summed E-state index contributed by atoms with van der Waals surface area (Å²) in [6.45, 7) is 3.31. The van der Waals surface area contributed by atoms with Gasteiger partial charge in [0.1, 0.15) is 11.3 Å². The smallest absolute Gasteiger partial charge is 0.248 e. The van der Waals surface area contributed by atoms with Crippen molar-refractivity contribution < 1.29 is 18.7 Å². The molecule has 2 N–H and O–H groups in total. The molecule has 37 heavy (non-hydrogen) atoms. The first-order chi connectivity index (χ1) is 17.9. The van der Waals surface area contributed by atoms with Crippen LogP contribution in [-0.4, -0.2) is 18.9 Å². The molecule has 184 valence electrons. The maximum absolute atomic E-state index is 12.8. The monoisotopic (exact) mass is 490 g/mol. The summed E-state index contributed by atoms with van der Waals surface area (Å²) in [5.74, 6) is 0.145. The third-order valence-electron chi connectivity index (χ3n) is 6.18. The largest absolute Gasteiger partial charge is 0.496 e. The highest BCUT2D eigenvalue weighted by molar-refractivity contribution is 6.06. The second-order valence-corrected chi connectivity index (χ2v) is 8.84. The number of benzene rings is 4. The van der Waals surface area contributed by atoms with Crippen LogP contribution in [-0.2, 0) is 9.59 Å². The van der Waals surface area contributed by atoms with E-state index in [2.05, 4.69) is 41.0 Å². The maximum Gasteiger partial charge on any atom is 0.248 e. The third kappa shape index (κ3) is 5.09. The fourth-order valence-electron chi connectivity index (χ4n) is 4.44. The summed E-state index contributed by atoms with van der Waals surface area (Å²) in [4.78, 5) is 24.2. The van der Waals surface area contributed by atoms with Crippen LogP contribution in [0.3, 0.4) is 0 Å². The third-order valence-corrected chi connectivity index (χ3v) is 6.18. The molecule has 0 aliphatic heterocycles. The Kier molecular flexibility index (Phi) is 6.47. The zero-order valence-corrected chi connectivity index (χ0v) is 20.8. The van der Waals surface area contributed by atoms with Gasteiger partial charge in [-0.25, -0.2) is 0 Å². The van der Waals surface area contributed by atoms with Crippen molar-refractivity contribution in [3.63, 3.8) is 0 Å². The Bertz CT molecular complexity index is 1680. The van der Waals surface area contributed by atoms with Gasteiger partial charge >= 0.3 is 0 Å². The van der Waals surface area contributed by atoms with Gasteiger partial charge in [0.2, 0.25) is 11.8 Å². The Morgan fingerprint density at radius 2 is 1.59 bits per heavy atom. The second kappa shape index (κ2) is 10.0. The van der Waals surface area contributed by atoms with E-state index in [1.54, 1.807) is 37.6 Å². The number of furan rings is 1. The topological polar surface area (TPSA) is 80.6 Å². The van der Waals surface area contributed by atoms with Crippen molar-refractivity contribution >= 4 is 50.5 Å². The Morgan fingerprint density at radius 1 is 0.838 bits per heavy atom. The Labute approximate surface area is 214 Å². The van der Waals surface area contributed by atoms with E-state index in [9.17, 15) is 9.59 Å². The first kappa shape index (κ1) is 23.9. The van der Waals surface area contributed by atoms with Crippen LogP contribution in [0.5, 0.6) is 5.75 Å². The van der Waals surface area contributed by atoms with Gasteiger partial charge in [-0.3, -0.25) is 9.59 Å². The van der Waals surface area contributed by atoms with Crippen LogP contribution in [0.1, 0.15) is 19.4 Å². The number of hydrogen-bond acceptors (Lipinski definition) is 4. The summed E-state index contributed by atoms with van der Waals surface area (Å²) >= 11 is 0. The van der Waals surface area contributed by atoms with E-state index in [1.807, 2.05) is 31.2 Å². The number of amides is 2. The minimum Gasteiger partial charge on any atom is -0.496 e. The van der Waals surface area contributed by atoms with Gasteiger partial charge < -0.3 is 19.8 Å². The summed E-state index contributed by atoms with van der Waals surface area (Å²) in [7, 11) is 1.60. The molecule has 6 heteroatoms. The van der Waals surface area contributed by atoms with Gasteiger partial charge in [-0.05, 0) is 59.2 Å². The molecule has 0 saturated carbocycles. The summed E-state index contributed by atoms with van der Waals surface area (Å²) < 4.78 is 11.5. The molecule has 1 aromatic heterocycles. The molecule has 0 atom stereocenters. The number of allylic oxidation sites excluding steroid dienone is 1. The van der Waals surface area contributed by atoms with Crippen molar-refractivity contribution in [1.29, 1.82) is 0 Å². The number of hydrogen-bond donors (Lipinski definition) is 2. The second-order valence-electron chi connectivity index (χ2n) is 8.84. The van der Waals surface area contributed by atoms with Gasteiger partial charge in [0, 0.05) is 47.0 Å². The lowest BCUT2D eigenvalue weighted by molar-refractivity contribution is -0.114. The quantitative estimate of drug-likeness (QED) is 0.245.